The van der Waals surface area contributed by atoms with Crippen LogP contribution in [0, 0.1) is 0 Å². The standard InChI is InChI=1S/C14H17N3O5/c1-3-21-14(19)13-10(6-7-15-13)16-11(18)5-4-9-8-12(20-2)17-22-9/h6-8,15H,3-5H2,1-2H3,(H,16,18). The van der Waals surface area contributed by atoms with Gasteiger partial charge in [0.2, 0.25) is 5.91 Å². The topological polar surface area (TPSA) is 106 Å². The van der Waals surface area contributed by atoms with Gasteiger partial charge >= 0.3 is 5.97 Å². The molecule has 8 heteroatoms. The zero-order valence-corrected chi connectivity index (χ0v) is 12.3. The van der Waals surface area contributed by atoms with Crippen molar-refractivity contribution in [2.75, 3.05) is 19.0 Å². The number of ether oxygens (including phenoxy) is 2. The molecule has 0 spiro atoms. The molecule has 0 aliphatic heterocycles. The average Bonchev–Trinajstić information content (AvgIpc) is 3.14. The van der Waals surface area contributed by atoms with Crippen LogP contribution in [0.1, 0.15) is 29.6 Å². The monoisotopic (exact) mass is 307 g/mol. The first-order valence-electron chi connectivity index (χ1n) is 6.78. The summed E-state index contributed by atoms with van der Waals surface area (Å²) in [5.41, 5.74) is 0.607. The van der Waals surface area contributed by atoms with Crippen LogP contribution in [0.25, 0.3) is 0 Å². The molecular weight excluding hydrogens is 290 g/mol. The zero-order valence-electron chi connectivity index (χ0n) is 12.3. The minimum Gasteiger partial charge on any atom is -0.479 e. The molecule has 22 heavy (non-hydrogen) atoms. The molecule has 1 amide bonds. The quantitative estimate of drug-likeness (QED) is 0.755. The van der Waals surface area contributed by atoms with Crippen molar-refractivity contribution >= 4 is 17.6 Å². The first-order valence-corrected chi connectivity index (χ1v) is 6.78. The fraction of sp³-hybridized carbons (Fsp3) is 0.357. The number of carbonyl (C=O) groups is 2. The number of rotatable bonds is 7. The van der Waals surface area contributed by atoms with E-state index in [2.05, 4.69) is 15.5 Å². The maximum absolute atomic E-state index is 11.9. The van der Waals surface area contributed by atoms with Crippen molar-refractivity contribution in [3.8, 4) is 5.88 Å². The molecule has 2 aromatic heterocycles. The number of anilines is 1. The highest BCUT2D eigenvalue weighted by molar-refractivity contribution is 6.00. The third-order valence-electron chi connectivity index (χ3n) is 2.85. The number of aryl methyl sites for hydroxylation is 1. The average molecular weight is 307 g/mol. The Morgan fingerprint density at radius 1 is 1.45 bits per heavy atom. The highest BCUT2D eigenvalue weighted by atomic mass is 16.5. The highest BCUT2D eigenvalue weighted by Gasteiger charge is 2.16. The molecule has 0 aliphatic carbocycles. The van der Waals surface area contributed by atoms with Crippen molar-refractivity contribution in [3.05, 3.63) is 29.8 Å². The maximum atomic E-state index is 11.9. The van der Waals surface area contributed by atoms with Gasteiger partial charge in [-0.25, -0.2) is 4.79 Å². The number of nitrogens with zero attached hydrogens (tertiary/aromatic N) is 1. The minimum atomic E-state index is -0.511. The summed E-state index contributed by atoms with van der Waals surface area (Å²) < 4.78 is 14.8. The summed E-state index contributed by atoms with van der Waals surface area (Å²) in [5, 5.41) is 6.31. The molecule has 0 radical (unpaired) electrons. The first-order chi connectivity index (χ1) is 10.6. The first kappa shape index (κ1) is 15.6. The molecule has 2 aromatic rings. The van der Waals surface area contributed by atoms with Crippen LogP contribution in [0.4, 0.5) is 5.69 Å². The second kappa shape index (κ2) is 7.30. The van der Waals surface area contributed by atoms with Crippen LogP contribution in [0.3, 0.4) is 0 Å². The molecule has 0 aliphatic rings. The summed E-state index contributed by atoms with van der Waals surface area (Å²) in [4.78, 5) is 26.3. The summed E-state index contributed by atoms with van der Waals surface area (Å²) in [5.74, 6) is 0.153. The van der Waals surface area contributed by atoms with Crippen LogP contribution in [0.15, 0.2) is 22.9 Å². The van der Waals surface area contributed by atoms with Crippen molar-refractivity contribution in [1.29, 1.82) is 0 Å². The number of amides is 1. The van der Waals surface area contributed by atoms with Gasteiger partial charge in [0.05, 0.1) is 19.4 Å². The van der Waals surface area contributed by atoms with E-state index in [1.165, 1.54) is 7.11 Å². The Balaban J connectivity index is 1.89. The van der Waals surface area contributed by atoms with Crippen molar-refractivity contribution < 1.29 is 23.6 Å². The Bertz CT molecular complexity index is 646. The van der Waals surface area contributed by atoms with Gasteiger partial charge in [0, 0.05) is 25.1 Å². The Kier molecular flexibility index (Phi) is 5.18. The molecule has 0 fully saturated rings. The Labute approximate surface area is 126 Å². The number of hydrogen-bond acceptors (Lipinski definition) is 6. The van der Waals surface area contributed by atoms with Gasteiger partial charge < -0.3 is 24.3 Å². The number of H-pyrrole nitrogens is 1. The predicted molar refractivity (Wildman–Crippen MR) is 76.8 cm³/mol. The van der Waals surface area contributed by atoms with Gasteiger partial charge in [0.15, 0.2) is 0 Å². The van der Waals surface area contributed by atoms with Crippen LogP contribution in [0.2, 0.25) is 0 Å². The molecule has 0 unspecified atom stereocenters. The number of aromatic amines is 1. The molecule has 2 N–H and O–H groups in total. The number of esters is 1. The fourth-order valence-electron chi connectivity index (χ4n) is 1.80. The van der Waals surface area contributed by atoms with Crippen LogP contribution >= 0.6 is 0 Å². The molecule has 2 rings (SSSR count). The third kappa shape index (κ3) is 3.87. The SMILES string of the molecule is CCOC(=O)c1[nH]ccc1NC(=O)CCc1cc(OC)no1. The summed E-state index contributed by atoms with van der Waals surface area (Å²) >= 11 is 0. The van der Waals surface area contributed by atoms with Gasteiger partial charge in [-0.3, -0.25) is 4.79 Å². The molecule has 0 saturated carbocycles. The third-order valence-corrected chi connectivity index (χ3v) is 2.85. The zero-order chi connectivity index (χ0) is 15.9. The summed E-state index contributed by atoms with van der Waals surface area (Å²) in [6.07, 6.45) is 2.12. The van der Waals surface area contributed by atoms with E-state index in [9.17, 15) is 9.59 Å². The van der Waals surface area contributed by atoms with Gasteiger partial charge in [0.25, 0.3) is 5.88 Å². The number of hydrogen-bond donors (Lipinski definition) is 2. The molecule has 2 heterocycles. The van der Waals surface area contributed by atoms with Gasteiger partial charge in [-0.05, 0) is 18.1 Å². The molecular formula is C14H17N3O5. The number of methoxy groups -OCH3 is 1. The highest BCUT2D eigenvalue weighted by Crippen LogP contribution is 2.16. The maximum Gasteiger partial charge on any atom is 0.356 e. The summed E-state index contributed by atoms with van der Waals surface area (Å²) in [6, 6.07) is 3.22. The molecule has 0 bridgehead atoms. The molecule has 0 atom stereocenters. The Morgan fingerprint density at radius 2 is 2.27 bits per heavy atom. The Hall–Kier alpha value is -2.77. The van der Waals surface area contributed by atoms with Crippen molar-refractivity contribution in [1.82, 2.24) is 10.1 Å². The van der Waals surface area contributed by atoms with E-state index in [-0.39, 0.29) is 24.6 Å². The molecule has 118 valence electrons. The number of aromatic nitrogens is 2. The lowest BCUT2D eigenvalue weighted by molar-refractivity contribution is -0.116. The lowest BCUT2D eigenvalue weighted by Crippen LogP contribution is -2.15. The van der Waals surface area contributed by atoms with Gasteiger partial charge in [0.1, 0.15) is 11.5 Å². The normalized spacial score (nSPS) is 10.3. The van der Waals surface area contributed by atoms with Crippen LogP contribution in [-0.2, 0) is 16.0 Å². The second-order valence-electron chi connectivity index (χ2n) is 4.37. The van der Waals surface area contributed by atoms with Gasteiger partial charge in [-0.15, -0.1) is 0 Å². The largest absolute Gasteiger partial charge is 0.479 e. The van der Waals surface area contributed by atoms with E-state index in [0.717, 1.165) is 0 Å². The van der Waals surface area contributed by atoms with Gasteiger partial charge in [-0.1, -0.05) is 0 Å². The van der Waals surface area contributed by atoms with E-state index in [4.69, 9.17) is 14.0 Å². The van der Waals surface area contributed by atoms with E-state index < -0.39 is 5.97 Å². The van der Waals surface area contributed by atoms with E-state index in [0.29, 0.717) is 23.7 Å². The Morgan fingerprint density at radius 3 is 2.95 bits per heavy atom. The van der Waals surface area contributed by atoms with Crippen LogP contribution in [0.5, 0.6) is 5.88 Å². The van der Waals surface area contributed by atoms with Crippen LogP contribution in [-0.4, -0.2) is 35.7 Å². The van der Waals surface area contributed by atoms with Crippen molar-refractivity contribution in [2.45, 2.75) is 19.8 Å². The van der Waals surface area contributed by atoms with E-state index in [1.807, 2.05) is 0 Å². The lowest BCUT2D eigenvalue weighted by atomic mass is 10.2. The fourth-order valence-corrected chi connectivity index (χ4v) is 1.80. The van der Waals surface area contributed by atoms with E-state index in [1.54, 1.807) is 25.3 Å². The molecule has 8 nitrogen and oxygen atoms in total. The molecule has 0 saturated heterocycles. The predicted octanol–water partition coefficient (Wildman–Crippen LogP) is 1.76. The lowest BCUT2D eigenvalue weighted by Gasteiger charge is -2.05. The summed E-state index contributed by atoms with van der Waals surface area (Å²) in [7, 11) is 1.48. The van der Waals surface area contributed by atoms with Gasteiger partial charge in [-0.2, -0.15) is 0 Å². The van der Waals surface area contributed by atoms with Crippen molar-refractivity contribution in [2.24, 2.45) is 0 Å². The minimum absolute atomic E-state index is 0.186. The van der Waals surface area contributed by atoms with E-state index >= 15 is 0 Å². The van der Waals surface area contributed by atoms with Crippen LogP contribution < -0.4 is 10.1 Å². The number of nitrogens with one attached hydrogen (secondary N) is 2. The number of carbonyl (C=O) groups excluding carboxylic acids is 2. The van der Waals surface area contributed by atoms with Crippen molar-refractivity contribution in [3.63, 3.8) is 0 Å². The summed E-state index contributed by atoms with van der Waals surface area (Å²) in [6.45, 7) is 1.98. The smallest absolute Gasteiger partial charge is 0.356 e. The second-order valence-corrected chi connectivity index (χ2v) is 4.37. The molecule has 0 aromatic carbocycles.